The lowest BCUT2D eigenvalue weighted by atomic mass is 10.0. The number of sulfonamides is 1. The van der Waals surface area contributed by atoms with E-state index in [1.807, 2.05) is 84.9 Å². The summed E-state index contributed by atoms with van der Waals surface area (Å²) < 4.78 is 51.7. The Balaban J connectivity index is 1.28. The molecule has 0 amide bonds. The molecule has 1 heterocycles. The molecule has 0 aliphatic heterocycles. The number of methoxy groups -OCH3 is 2. The van der Waals surface area contributed by atoms with Crippen molar-refractivity contribution in [1.82, 2.24) is 0 Å². The molecule has 1 saturated carbocycles. The van der Waals surface area contributed by atoms with E-state index in [9.17, 15) is 13.2 Å². The van der Waals surface area contributed by atoms with Gasteiger partial charge in [0, 0.05) is 17.0 Å². The van der Waals surface area contributed by atoms with Crippen LogP contribution in [0, 0.1) is 0 Å². The molecular weight excluding hydrogens is 578 g/mol. The van der Waals surface area contributed by atoms with Crippen LogP contribution in [0.5, 0.6) is 11.5 Å². The maximum Gasteiger partial charge on any atom is 0.342 e. The number of rotatable bonds is 12. The van der Waals surface area contributed by atoms with Gasteiger partial charge in [0.2, 0.25) is 10.0 Å². The van der Waals surface area contributed by atoms with Gasteiger partial charge < -0.3 is 18.6 Å². The summed E-state index contributed by atoms with van der Waals surface area (Å²) in [5.41, 5.74) is 4.62. The number of nitrogens with one attached hydrogen (secondary N) is 1. The third-order valence-electron chi connectivity index (χ3n) is 7.72. The topological polar surface area (TPSA) is 104 Å². The summed E-state index contributed by atoms with van der Waals surface area (Å²) >= 11 is 0. The van der Waals surface area contributed by atoms with E-state index in [2.05, 4.69) is 4.72 Å². The number of fused-ring (bicyclic) bond motifs is 1. The Kier molecular flexibility index (Phi) is 8.30. The first-order chi connectivity index (χ1) is 21.3. The number of esters is 1. The van der Waals surface area contributed by atoms with Crippen LogP contribution in [0.4, 0.5) is 5.69 Å². The van der Waals surface area contributed by atoms with Gasteiger partial charge in [-0.3, -0.25) is 4.72 Å². The predicted octanol–water partition coefficient (Wildman–Crippen LogP) is 7.34. The average Bonchev–Trinajstić information content (AvgIpc) is 3.83. The maximum absolute atomic E-state index is 13.2. The number of hydrogen-bond acceptors (Lipinski definition) is 7. The Morgan fingerprint density at radius 2 is 1.59 bits per heavy atom. The maximum atomic E-state index is 13.2. The van der Waals surface area contributed by atoms with Gasteiger partial charge in [-0.2, -0.15) is 0 Å². The standard InChI is InChI=1S/C35H33NO7S/c1-40-27-14-8-23(9-15-27)18-19-44(38,39)36-31-21-32-30(20-29(31)25-10-11-25)33(35(37)41-2)34(43-32)26-12-16-28(17-13-26)42-22-24-6-4-3-5-7-24/h3-9,12-17,20-21,25,36H,10-11,18-19,22H2,1-2H3. The second-order valence-electron chi connectivity index (χ2n) is 10.8. The van der Waals surface area contributed by atoms with Crippen LogP contribution in [0.2, 0.25) is 0 Å². The number of carbonyl (C=O) groups is 1. The van der Waals surface area contributed by atoms with Gasteiger partial charge in [0.05, 0.1) is 25.7 Å². The first-order valence-corrected chi connectivity index (χ1v) is 16.1. The largest absolute Gasteiger partial charge is 0.497 e. The summed E-state index contributed by atoms with van der Waals surface area (Å²) in [6.45, 7) is 0.432. The van der Waals surface area contributed by atoms with Gasteiger partial charge in [0.15, 0.2) is 0 Å². The normalized spacial score (nSPS) is 13.0. The Bertz CT molecular complexity index is 1880. The van der Waals surface area contributed by atoms with Crippen molar-refractivity contribution in [3.8, 4) is 22.8 Å². The molecule has 8 nitrogen and oxygen atoms in total. The highest BCUT2D eigenvalue weighted by Gasteiger charge is 2.31. The van der Waals surface area contributed by atoms with E-state index < -0.39 is 16.0 Å². The van der Waals surface area contributed by atoms with Crippen LogP contribution < -0.4 is 14.2 Å². The quantitative estimate of drug-likeness (QED) is 0.147. The molecule has 0 bridgehead atoms. The van der Waals surface area contributed by atoms with Crippen LogP contribution in [-0.4, -0.2) is 34.4 Å². The van der Waals surface area contributed by atoms with Crippen molar-refractivity contribution in [3.05, 3.63) is 113 Å². The molecule has 9 heteroatoms. The number of benzene rings is 4. The fourth-order valence-corrected chi connectivity index (χ4v) is 6.31. The molecule has 1 aliphatic rings. The summed E-state index contributed by atoms with van der Waals surface area (Å²) in [5, 5.41) is 0.583. The molecule has 0 atom stereocenters. The van der Waals surface area contributed by atoms with Crippen molar-refractivity contribution in [2.75, 3.05) is 24.7 Å². The third kappa shape index (κ3) is 6.58. The minimum absolute atomic E-state index is 0.0863. The minimum Gasteiger partial charge on any atom is -0.497 e. The van der Waals surface area contributed by atoms with Gasteiger partial charge in [-0.25, -0.2) is 13.2 Å². The number of hydrogen-bond donors (Lipinski definition) is 1. The van der Waals surface area contributed by atoms with Gasteiger partial charge in [-0.05, 0) is 84.3 Å². The van der Waals surface area contributed by atoms with Gasteiger partial charge in [-0.15, -0.1) is 0 Å². The zero-order valence-corrected chi connectivity index (χ0v) is 25.4. The lowest BCUT2D eigenvalue weighted by molar-refractivity contribution is 0.0603. The van der Waals surface area contributed by atoms with Crippen LogP contribution in [0.25, 0.3) is 22.3 Å². The van der Waals surface area contributed by atoms with Gasteiger partial charge in [0.1, 0.15) is 35.0 Å². The summed E-state index contributed by atoms with van der Waals surface area (Å²) in [6, 6.07) is 28.1. The van der Waals surface area contributed by atoms with Gasteiger partial charge >= 0.3 is 5.97 Å². The van der Waals surface area contributed by atoms with Crippen molar-refractivity contribution < 1.29 is 31.8 Å². The first-order valence-electron chi connectivity index (χ1n) is 14.4. The zero-order chi connectivity index (χ0) is 30.7. The number of anilines is 1. The van der Waals surface area contributed by atoms with Crippen LogP contribution >= 0.6 is 0 Å². The molecule has 1 N–H and O–H groups in total. The fraction of sp³-hybridized carbons (Fsp3) is 0.229. The van der Waals surface area contributed by atoms with Crippen molar-refractivity contribution in [1.29, 1.82) is 0 Å². The van der Waals surface area contributed by atoms with E-state index in [0.29, 0.717) is 58.1 Å². The minimum atomic E-state index is -3.68. The summed E-state index contributed by atoms with van der Waals surface area (Å²) in [4.78, 5) is 13.1. The number of carbonyl (C=O) groups excluding carboxylic acids is 1. The second kappa shape index (κ2) is 12.5. The number of furan rings is 1. The fourth-order valence-electron chi connectivity index (χ4n) is 5.19. The highest BCUT2D eigenvalue weighted by atomic mass is 32.2. The van der Waals surface area contributed by atoms with Gasteiger partial charge in [0.25, 0.3) is 0 Å². The molecular formula is C35H33NO7S. The van der Waals surface area contributed by atoms with Crippen molar-refractivity contribution >= 4 is 32.6 Å². The Morgan fingerprint density at radius 1 is 0.886 bits per heavy atom. The summed E-state index contributed by atoms with van der Waals surface area (Å²) in [5.74, 6) is 1.32. The molecule has 0 spiro atoms. The van der Waals surface area contributed by atoms with E-state index >= 15 is 0 Å². The number of aryl methyl sites for hydroxylation is 1. The SMILES string of the molecule is COC(=O)c1c(-c2ccc(OCc3ccccc3)cc2)oc2cc(NS(=O)(=O)CCc3ccc(OC)cc3)c(C3CC3)cc12. The molecule has 4 aromatic carbocycles. The molecule has 6 rings (SSSR count). The Labute approximate surface area is 256 Å². The molecule has 5 aromatic rings. The molecule has 1 fully saturated rings. The van der Waals surface area contributed by atoms with Crippen LogP contribution in [0.15, 0.2) is 95.4 Å². The van der Waals surface area contributed by atoms with Gasteiger partial charge in [-0.1, -0.05) is 42.5 Å². The Morgan fingerprint density at radius 3 is 2.25 bits per heavy atom. The molecule has 0 saturated heterocycles. The Hall–Kier alpha value is -4.76. The summed E-state index contributed by atoms with van der Waals surface area (Å²) in [6.07, 6.45) is 2.23. The lowest BCUT2D eigenvalue weighted by Gasteiger charge is -2.13. The predicted molar refractivity (Wildman–Crippen MR) is 170 cm³/mol. The van der Waals surface area contributed by atoms with Crippen molar-refractivity contribution in [3.63, 3.8) is 0 Å². The van der Waals surface area contributed by atoms with Crippen LogP contribution in [-0.2, 0) is 27.8 Å². The monoisotopic (exact) mass is 611 g/mol. The van der Waals surface area contributed by atoms with E-state index in [1.54, 1.807) is 13.2 Å². The number of ether oxygens (including phenoxy) is 3. The zero-order valence-electron chi connectivity index (χ0n) is 24.5. The molecule has 226 valence electrons. The molecule has 44 heavy (non-hydrogen) atoms. The van der Waals surface area contributed by atoms with E-state index in [1.165, 1.54) is 7.11 Å². The smallest absolute Gasteiger partial charge is 0.342 e. The highest BCUT2D eigenvalue weighted by Crippen LogP contribution is 2.47. The molecule has 0 unspecified atom stereocenters. The lowest BCUT2D eigenvalue weighted by Crippen LogP contribution is -2.19. The van der Waals surface area contributed by atoms with Crippen molar-refractivity contribution in [2.24, 2.45) is 0 Å². The average molecular weight is 612 g/mol. The van der Waals surface area contributed by atoms with E-state index in [0.717, 1.165) is 29.5 Å². The highest BCUT2D eigenvalue weighted by molar-refractivity contribution is 7.92. The first kappa shape index (κ1) is 29.3. The summed E-state index contributed by atoms with van der Waals surface area (Å²) in [7, 11) is -0.759. The second-order valence-corrected chi connectivity index (χ2v) is 12.7. The molecule has 1 aliphatic carbocycles. The van der Waals surface area contributed by atoms with Crippen LogP contribution in [0.3, 0.4) is 0 Å². The van der Waals surface area contributed by atoms with Crippen molar-refractivity contribution in [2.45, 2.75) is 31.8 Å². The third-order valence-corrected chi connectivity index (χ3v) is 8.99. The van der Waals surface area contributed by atoms with E-state index in [4.69, 9.17) is 18.6 Å². The molecule has 0 radical (unpaired) electrons. The molecule has 1 aromatic heterocycles. The van der Waals surface area contributed by atoms with E-state index in [-0.39, 0.29) is 11.7 Å². The van der Waals surface area contributed by atoms with Crippen LogP contribution in [0.1, 0.15) is 45.8 Å².